The molecule has 0 bridgehead atoms. The number of carbonyl (C=O) groups excluding carboxylic acids is 1. The van der Waals surface area contributed by atoms with Gasteiger partial charge in [-0.1, -0.05) is 43.3 Å². The molecule has 1 N–H and O–H groups in total. The molecule has 3 heteroatoms. The van der Waals surface area contributed by atoms with Gasteiger partial charge in [-0.2, -0.15) is 0 Å². The van der Waals surface area contributed by atoms with E-state index in [4.69, 9.17) is 4.74 Å². The van der Waals surface area contributed by atoms with Crippen LogP contribution in [0.1, 0.15) is 34.8 Å². The fraction of sp³-hybridized carbons (Fsp3) is 0.250. The van der Waals surface area contributed by atoms with Crippen molar-refractivity contribution in [1.29, 1.82) is 0 Å². The van der Waals surface area contributed by atoms with E-state index in [-0.39, 0.29) is 5.78 Å². The smallest absolute Gasteiger partial charge is 0.185 e. The molecular formula is C20H23NO2. The van der Waals surface area contributed by atoms with Gasteiger partial charge in [-0.3, -0.25) is 4.79 Å². The molecule has 0 amide bonds. The third kappa shape index (κ3) is 5.38. The molecule has 2 aromatic rings. The molecule has 0 atom stereocenters. The fourth-order valence-electron chi connectivity index (χ4n) is 2.23. The maximum absolute atomic E-state index is 12.3. The lowest BCUT2D eigenvalue weighted by Gasteiger charge is -2.04. The van der Waals surface area contributed by atoms with Gasteiger partial charge in [0.05, 0.1) is 7.11 Å². The second kappa shape index (κ2) is 8.91. The minimum absolute atomic E-state index is 0.0122. The molecule has 0 radical (unpaired) electrons. The minimum Gasteiger partial charge on any atom is -0.497 e. The molecule has 0 aromatic heterocycles. The Kier molecular flexibility index (Phi) is 6.57. The number of methoxy groups -OCH3 is 1. The molecule has 2 rings (SSSR count). The van der Waals surface area contributed by atoms with Crippen LogP contribution in [-0.2, 0) is 6.54 Å². The highest BCUT2D eigenvalue weighted by atomic mass is 16.5. The minimum atomic E-state index is 0.0122. The Labute approximate surface area is 138 Å². The number of hydrogen-bond donors (Lipinski definition) is 1. The molecule has 0 saturated heterocycles. The van der Waals surface area contributed by atoms with Crippen LogP contribution in [0.4, 0.5) is 0 Å². The number of allylic oxidation sites excluding steroid dienone is 1. The normalized spacial score (nSPS) is 10.9. The Morgan fingerprint density at radius 3 is 2.65 bits per heavy atom. The average Bonchev–Trinajstić information content (AvgIpc) is 2.60. The van der Waals surface area contributed by atoms with Gasteiger partial charge in [0.15, 0.2) is 5.78 Å². The lowest BCUT2D eigenvalue weighted by molar-refractivity contribution is 0.104. The first-order valence-corrected chi connectivity index (χ1v) is 7.89. The number of carbonyl (C=O) groups is 1. The summed E-state index contributed by atoms with van der Waals surface area (Å²) < 4.78 is 5.12. The van der Waals surface area contributed by atoms with Gasteiger partial charge < -0.3 is 10.1 Å². The molecule has 0 aliphatic heterocycles. The average molecular weight is 309 g/mol. The third-order valence-corrected chi connectivity index (χ3v) is 3.51. The molecule has 3 nitrogen and oxygen atoms in total. The third-order valence-electron chi connectivity index (χ3n) is 3.51. The summed E-state index contributed by atoms with van der Waals surface area (Å²) >= 11 is 0. The number of ketones is 1. The first kappa shape index (κ1) is 17.0. The van der Waals surface area contributed by atoms with E-state index in [1.54, 1.807) is 13.2 Å². The predicted molar refractivity (Wildman–Crippen MR) is 94.8 cm³/mol. The van der Waals surface area contributed by atoms with Crippen molar-refractivity contribution in [2.24, 2.45) is 0 Å². The van der Waals surface area contributed by atoms with Crippen molar-refractivity contribution in [3.8, 4) is 5.75 Å². The van der Waals surface area contributed by atoms with E-state index in [1.165, 1.54) is 0 Å². The topological polar surface area (TPSA) is 38.3 Å². The highest BCUT2D eigenvalue weighted by Crippen LogP contribution is 2.13. The van der Waals surface area contributed by atoms with Crippen molar-refractivity contribution in [1.82, 2.24) is 5.32 Å². The van der Waals surface area contributed by atoms with Gasteiger partial charge in [-0.15, -0.1) is 0 Å². The van der Waals surface area contributed by atoms with Crippen LogP contribution in [0.15, 0.2) is 54.6 Å². The highest BCUT2D eigenvalue weighted by molar-refractivity contribution is 6.06. The SMILES string of the molecule is CCCNCc1cccc(C(=O)/C=C/c2ccc(OC)cc2)c1. The summed E-state index contributed by atoms with van der Waals surface area (Å²) in [7, 11) is 1.64. The Morgan fingerprint density at radius 2 is 1.96 bits per heavy atom. The van der Waals surface area contributed by atoms with Crippen LogP contribution in [0.25, 0.3) is 6.08 Å². The van der Waals surface area contributed by atoms with Gasteiger partial charge in [-0.05, 0) is 48.4 Å². The second-order valence-electron chi connectivity index (χ2n) is 5.35. The quantitative estimate of drug-likeness (QED) is 0.453. The van der Waals surface area contributed by atoms with Crippen LogP contribution in [-0.4, -0.2) is 19.4 Å². The molecule has 0 aliphatic carbocycles. The summed E-state index contributed by atoms with van der Waals surface area (Å²) in [6, 6.07) is 15.4. The van der Waals surface area contributed by atoms with Gasteiger partial charge in [0.25, 0.3) is 0 Å². The van der Waals surface area contributed by atoms with E-state index in [0.29, 0.717) is 5.56 Å². The number of benzene rings is 2. The summed E-state index contributed by atoms with van der Waals surface area (Å²) in [6.07, 6.45) is 4.54. The highest BCUT2D eigenvalue weighted by Gasteiger charge is 2.03. The molecule has 120 valence electrons. The van der Waals surface area contributed by atoms with E-state index >= 15 is 0 Å². The first-order chi connectivity index (χ1) is 11.2. The van der Waals surface area contributed by atoms with Crippen LogP contribution in [0, 0.1) is 0 Å². The molecule has 0 spiro atoms. The Balaban J connectivity index is 2.01. The molecule has 0 saturated carbocycles. The summed E-state index contributed by atoms with van der Waals surface area (Å²) in [5.74, 6) is 0.818. The zero-order valence-electron chi connectivity index (χ0n) is 13.7. The van der Waals surface area contributed by atoms with Gasteiger partial charge >= 0.3 is 0 Å². The molecule has 2 aromatic carbocycles. The van der Waals surface area contributed by atoms with Crippen molar-refractivity contribution in [3.63, 3.8) is 0 Å². The number of nitrogens with one attached hydrogen (secondary N) is 1. The van der Waals surface area contributed by atoms with Crippen LogP contribution in [0.5, 0.6) is 5.75 Å². The summed E-state index contributed by atoms with van der Waals surface area (Å²) in [5.41, 5.74) is 2.81. The van der Waals surface area contributed by atoms with Gasteiger partial charge in [0.1, 0.15) is 5.75 Å². The standard InChI is InChI=1S/C20H23NO2/c1-3-13-21-15-17-5-4-6-18(14-17)20(22)12-9-16-7-10-19(23-2)11-8-16/h4-12,14,21H,3,13,15H2,1-2H3/b12-9+. The lowest BCUT2D eigenvalue weighted by atomic mass is 10.1. The molecule has 0 aliphatic rings. The number of hydrogen-bond acceptors (Lipinski definition) is 3. The first-order valence-electron chi connectivity index (χ1n) is 7.89. The number of rotatable bonds is 8. The summed E-state index contributed by atoms with van der Waals surface area (Å²) in [5, 5.41) is 3.34. The van der Waals surface area contributed by atoms with E-state index < -0.39 is 0 Å². The van der Waals surface area contributed by atoms with E-state index in [0.717, 1.165) is 36.4 Å². The summed E-state index contributed by atoms with van der Waals surface area (Å²) in [6.45, 7) is 3.91. The van der Waals surface area contributed by atoms with Crippen molar-refractivity contribution < 1.29 is 9.53 Å². The number of ether oxygens (including phenoxy) is 1. The summed E-state index contributed by atoms with van der Waals surface area (Å²) in [4.78, 5) is 12.3. The van der Waals surface area contributed by atoms with Crippen LogP contribution in [0.2, 0.25) is 0 Å². The second-order valence-corrected chi connectivity index (χ2v) is 5.35. The largest absolute Gasteiger partial charge is 0.497 e. The van der Waals surface area contributed by atoms with Crippen molar-refractivity contribution in [3.05, 3.63) is 71.3 Å². The monoisotopic (exact) mass is 309 g/mol. The van der Waals surface area contributed by atoms with Crippen molar-refractivity contribution >= 4 is 11.9 Å². The molecular weight excluding hydrogens is 286 g/mol. The van der Waals surface area contributed by atoms with Crippen molar-refractivity contribution in [2.75, 3.05) is 13.7 Å². The van der Waals surface area contributed by atoms with Crippen molar-refractivity contribution in [2.45, 2.75) is 19.9 Å². The maximum atomic E-state index is 12.3. The van der Waals surface area contributed by atoms with Crippen LogP contribution >= 0.6 is 0 Å². The Morgan fingerprint density at radius 1 is 1.17 bits per heavy atom. The zero-order valence-corrected chi connectivity index (χ0v) is 13.7. The van der Waals surface area contributed by atoms with E-state index in [1.807, 2.05) is 54.6 Å². The Bertz CT molecular complexity index is 660. The lowest BCUT2D eigenvalue weighted by Crippen LogP contribution is -2.14. The maximum Gasteiger partial charge on any atom is 0.185 e. The molecule has 23 heavy (non-hydrogen) atoms. The Hall–Kier alpha value is -2.39. The zero-order chi connectivity index (χ0) is 16.5. The molecule has 0 heterocycles. The van der Waals surface area contributed by atoms with E-state index in [9.17, 15) is 4.79 Å². The van der Waals surface area contributed by atoms with Crippen LogP contribution < -0.4 is 10.1 Å². The van der Waals surface area contributed by atoms with Gasteiger partial charge in [-0.25, -0.2) is 0 Å². The van der Waals surface area contributed by atoms with Gasteiger partial charge in [0.2, 0.25) is 0 Å². The molecule has 0 fully saturated rings. The van der Waals surface area contributed by atoms with Crippen LogP contribution in [0.3, 0.4) is 0 Å². The molecule has 0 unspecified atom stereocenters. The van der Waals surface area contributed by atoms with Gasteiger partial charge in [0, 0.05) is 12.1 Å². The predicted octanol–water partition coefficient (Wildman–Crippen LogP) is 4.09. The fourth-order valence-corrected chi connectivity index (χ4v) is 2.23. The van der Waals surface area contributed by atoms with E-state index in [2.05, 4.69) is 12.2 Å².